The first-order valence-electron chi connectivity index (χ1n) is 6.93. The Hall–Kier alpha value is -1.39. The standard InChI is InChI=1S/C15H23N3O/c1-4-12(3)14(19)10-16-8-13-9-17-15-7-11(2)5-6-18(13)15/h5-7,9,12,14,16,19H,4,8,10H2,1-3H3. The van der Waals surface area contributed by atoms with E-state index in [-0.39, 0.29) is 6.10 Å². The molecule has 0 bridgehead atoms. The van der Waals surface area contributed by atoms with E-state index in [1.807, 2.05) is 12.4 Å². The van der Waals surface area contributed by atoms with Crippen LogP contribution >= 0.6 is 0 Å². The molecule has 0 saturated carbocycles. The van der Waals surface area contributed by atoms with Crippen molar-refractivity contribution >= 4 is 5.65 Å². The fraction of sp³-hybridized carbons (Fsp3) is 0.533. The highest BCUT2D eigenvalue weighted by Gasteiger charge is 2.11. The minimum atomic E-state index is -0.286. The van der Waals surface area contributed by atoms with Crippen molar-refractivity contribution in [1.82, 2.24) is 14.7 Å². The summed E-state index contributed by atoms with van der Waals surface area (Å²) in [6.45, 7) is 7.57. The summed E-state index contributed by atoms with van der Waals surface area (Å²) in [6.07, 6.45) is 4.64. The van der Waals surface area contributed by atoms with Gasteiger partial charge in [0.15, 0.2) is 0 Å². The Labute approximate surface area is 114 Å². The second-order valence-electron chi connectivity index (χ2n) is 5.27. The zero-order chi connectivity index (χ0) is 13.8. The molecule has 0 spiro atoms. The number of hydrogen-bond donors (Lipinski definition) is 2. The summed E-state index contributed by atoms with van der Waals surface area (Å²) in [4.78, 5) is 4.39. The van der Waals surface area contributed by atoms with Crippen LogP contribution in [0, 0.1) is 12.8 Å². The highest BCUT2D eigenvalue weighted by atomic mass is 16.3. The lowest BCUT2D eigenvalue weighted by Crippen LogP contribution is -2.31. The molecular formula is C15H23N3O. The van der Waals surface area contributed by atoms with Crippen LogP contribution in [0.1, 0.15) is 31.5 Å². The average molecular weight is 261 g/mol. The molecule has 104 valence electrons. The summed E-state index contributed by atoms with van der Waals surface area (Å²) in [5, 5.41) is 13.2. The Kier molecular flexibility index (Phi) is 4.56. The Morgan fingerprint density at radius 2 is 2.26 bits per heavy atom. The summed E-state index contributed by atoms with van der Waals surface area (Å²) < 4.78 is 2.08. The third-order valence-electron chi connectivity index (χ3n) is 3.71. The summed E-state index contributed by atoms with van der Waals surface area (Å²) in [5.74, 6) is 0.331. The molecule has 2 heterocycles. The maximum Gasteiger partial charge on any atom is 0.137 e. The molecule has 2 N–H and O–H groups in total. The van der Waals surface area contributed by atoms with E-state index in [4.69, 9.17) is 0 Å². The number of fused-ring (bicyclic) bond motifs is 1. The molecule has 0 aromatic carbocycles. The fourth-order valence-corrected chi connectivity index (χ4v) is 2.09. The molecule has 0 saturated heterocycles. The smallest absolute Gasteiger partial charge is 0.137 e. The van der Waals surface area contributed by atoms with Gasteiger partial charge in [-0.2, -0.15) is 0 Å². The predicted octanol–water partition coefficient (Wildman–Crippen LogP) is 2.14. The first-order chi connectivity index (χ1) is 9.11. The van der Waals surface area contributed by atoms with Crippen molar-refractivity contribution in [1.29, 1.82) is 0 Å². The number of nitrogens with zero attached hydrogens (tertiary/aromatic N) is 2. The van der Waals surface area contributed by atoms with Crippen molar-refractivity contribution in [2.75, 3.05) is 6.54 Å². The minimum absolute atomic E-state index is 0.286. The average Bonchev–Trinajstić information content (AvgIpc) is 2.80. The van der Waals surface area contributed by atoms with Gasteiger partial charge in [0.25, 0.3) is 0 Å². The Bertz CT molecular complexity index is 535. The molecule has 0 aliphatic rings. The first kappa shape index (κ1) is 14.0. The number of pyridine rings is 1. The van der Waals surface area contributed by atoms with E-state index < -0.39 is 0 Å². The van der Waals surface area contributed by atoms with Crippen LogP contribution in [-0.4, -0.2) is 27.1 Å². The summed E-state index contributed by atoms with van der Waals surface area (Å²) in [5.41, 5.74) is 3.30. The van der Waals surface area contributed by atoms with Gasteiger partial charge in [0.05, 0.1) is 18.0 Å². The number of nitrogens with one attached hydrogen (secondary N) is 1. The largest absolute Gasteiger partial charge is 0.392 e. The number of aromatic nitrogens is 2. The third-order valence-corrected chi connectivity index (χ3v) is 3.71. The molecule has 4 nitrogen and oxygen atoms in total. The molecule has 0 radical (unpaired) electrons. The second-order valence-corrected chi connectivity index (χ2v) is 5.27. The van der Waals surface area contributed by atoms with Crippen LogP contribution in [0.15, 0.2) is 24.5 Å². The number of aryl methyl sites for hydroxylation is 1. The van der Waals surface area contributed by atoms with Gasteiger partial charge in [-0.15, -0.1) is 0 Å². The van der Waals surface area contributed by atoms with Crippen LogP contribution in [0.5, 0.6) is 0 Å². The Balaban J connectivity index is 1.95. The topological polar surface area (TPSA) is 49.6 Å². The van der Waals surface area contributed by atoms with Crippen LogP contribution in [-0.2, 0) is 6.54 Å². The van der Waals surface area contributed by atoms with Gasteiger partial charge >= 0.3 is 0 Å². The van der Waals surface area contributed by atoms with Gasteiger partial charge in [-0.3, -0.25) is 0 Å². The molecule has 4 heteroatoms. The predicted molar refractivity (Wildman–Crippen MR) is 77.1 cm³/mol. The first-order valence-corrected chi connectivity index (χ1v) is 6.93. The molecule has 0 aliphatic carbocycles. The van der Waals surface area contributed by atoms with Gasteiger partial charge in [-0.05, 0) is 30.5 Å². The molecule has 19 heavy (non-hydrogen) atoms. The van der Waals surface area contributed by atoms with Crippen molar-refractivity contribution < 1.29 is 5.11 Å². The number of aliphatic hydroxyl groups excluding tert-OH is 1. The van der Waals surface area contributed by atoms with Crippen molar-refractivity contribution in [2.45, 2.75) is 39.8 Å². The van der Waals surface area contributed by atoms with E-state index in [0.29, 0.717) is 12.5 Å². The lowest BCUT2D eigenvalue weighted by Gasteiger charge is -2.17. The van der Waals surface area contributed by atoms with Crippen molar-refractivity contribution in [3.8, 4) is 0 Å². The molecule has 0 fully saturated rings. The molecule has 0 aliphatic heterocycles. The van der Waals surface area contributed by atoms with Gasteiger partial charge in [0.1, 0.15) is 5.65 Å². The molecule has 2 aromatic rings. The van der Waals surface area contributed by atoms with E-state index in [9.17, 15) is 5.11 Å². The van der Waals surface area contributed by atoms with Gasteiger partial charge < -0.3 is 14.8 Å². The zero-order valence-corrected chi connectivity index (χ0v) is 11.9. The van der Waals surface area contributed by atoms with Crippen LogP contribution in [0.2, 0.25) is 0 Å². The normalized spacial score (nSPS) is 14.7. The van der Waals surface area contributed by atoms with E-state index in [1.54, 1.807) is 0 Å². The monoisotopic (exact) mass is 261 g/mol. The van der Waals surface area contributed by atoms with Gasteiger partial charge in [-0.1, -0.05) is 20.3 Å². The lowest BCUT2D eigenvalue weighted by molar-refractivity contribution is 0.112. The maximum absolute atomic E-state index is 9.91. The summed E-state index contributed by atoms with van der Waals surface area (Å²) in [6, 6.07) is 4.14. The molecule has 0 amide bonds. The van der Waals surface area contributed by atoms with Gasteiger partial charge in [0.2, 0.25) is 0 Å². The highest BCUT2D eigenvalue weighted by molar-refractivity contribution is 5.42. The SMILES string of the molecule is CCC(C)C(O)CNCc1cnc2cc(C)ccn12. The van der Waals surface area contributed by atoms with E-state index >= 15 is 0 Å². The Morgan fingerprint density at radius 1 is 1.47 bits per heavy atom. The van der Waals surface area contributed by atoms with Crippen LogP contribution < -0.4 is 5.32 Å². The van der Waals surface area contributed by atoms with Crippen molar-refractivity contribution in [3.05, 3.63) is 35.8 Å². The number of imidazole rings is 1. The third kappa shape index (κ3) is 3.33. The van der Waals surface area contributed by atoms with Crippen molar-refractivity contribution in [3.63, 3.8) is 0 Å². The van der Waals surface area contributed by atoms with Crippen molar-refractivity contribution in [2.24, 2.45) is 5.92 Å². The fourth-order valence-electron chi connectivity index (χ4n) is 2.09. The van der Waals surface area contributed by atoms with Crippen LogP contribution in [0.25, 0.3) is 5.65 Å². The quantitative estimate of drug-likeness (QED) is 0.837. The minimum Gasteiger partial charge on any atom is -0.392 e. The van der Waals surface area contributed by atoms with Crippen LogP contribution in [0.3, 0.4) is 0 Å². The number of aliphatic hydroxyl groups is 1. The van der Waals surface area contributed by atoms with Crippen LogP contribution in [0.4, 0.5) is 0 Å². The molecular weight excluding hydrogens is 238 g/mol. The lowest BCUT2D eigenvalue weighted by atomic mass is 10.0. The number of rotatable bonds is 6. The highest BCUT2D eigenvalue weighted by Crippen LogP contribution is 2.09. The number of hydrogen-bond acceptors (Lipinski definition) is 3. The van der Waals surface area contributed by atoms with Gasteiger partial charge in [-0.25, -0.2) is 4.98 Å². The molecule has 2 unspecified atom stereocenters. The second kappa shape index (κ2) is 6.17. The summed E-state index contributed by atoms with van der Waals surface area (Å²) in [7, 11) is 0. The maximum atomic E-state index is 9.91. The van der Waals surface area contributed by atoms with E-state index in [1.165, 1.54) is 5.56 Å². The van der Waals surface area contributed by atoms with E-state index in [2.05, 4.69) is 47.6 Å². The molecule has 2 aromatic heterocycles. The zero-order valence-electron chi connectivity index (χ0n) is 11.9. The van der Waals surface area contributed by atoms with E-state index in [0.717, 1.165) is 24.3 Å². The van der Waals surface area contributed by atoms with Gasteiger partial charge in [0, 0.05) is 19.3 Å². The Morgan fingerprint density at radius 3 is 3.00 bits per heavy atom. The molecule has 2 rings (SSSR count). The summed E-state index contributed by atoms with van der Waals surface area (Å²) >= 11 is 0. The molecule has 2 atom stereocenters.